The number of rotatable bonds is 3. The Balaban J connectivity index is 1.79. The van der Waals surface area contributed by atoms with Crippen molar-refractivity contribution in [2.24, 2.45) is 0 Å². The predicted octanol–water partition coefficient (Wildman–Crippen LogP) is 0.968. The smallest absolute Gasteiger partial charge is 0.250 e. The molecule has 3 heterocycles. The van der Waals surface area contributed by atoms with Crippen LogP contribution < -0.4 is 5.69 Å². The van der Waals surface area contributed by atoms with Gasteiger partial charge in [-0.3, -0.25) is 4.40 Å². The highest BCUT2D eigenvalue weighted by molar-refractivity contribution is 5.37. The maximum absolute atomic E-state index is 14.1. The van der Waals surface area contributed by atoms with Crippen LogP contribution in [0.3, 0.4) is 0 Å². The van der Waals surface area contributed by atoms with Crippen LogP contribution in [-0.2, 0) is 6.54 Å². The van der Waals surface area contributed by atoms with Crippen molar-refractivity contribution < 1.29 is 4.39 Å². The molecule has 4 aromatic rings. The molecular formula is C15H12FN7O. The summed E-state index contributed by atoms with van der Waals surface area (Å²) in [5.74, 6) is -0.137. The molecule has 120 valence electrons. The Kier molecular flexibility index (Phi) is 3.19. The van der Waals surface area contributed by atoms with Crippen molar-refractivity contribution in [2.75, 3.05) is 0 Å². The Morgan fingerprint density at radius 1 is 1.21 bits per heavy atom. The van der Waals surface area contributed by atoms with Gasteiger partial charge in [-0.05, 0) is 47.2 Å². The first-order valence-corrected chi connectivity index (χ1v) is 7.21. The summed E-state index contributed by atoms with van der Waals surface area (Å²) in [5, 5.41) is 15.6. The molecule has 0 aliphatic carbocycles. The van der Waals surface area contributed by atoms with E-state index in [0.717, 1.165) is 5.56 Å². The molecule has 0 aliphatic rings. The summed E-state index contributed by atoms with van der Waals surface area (Å²) in [4.78, 5) is 12.3. The van der Waals surface area contributed by atoms with Crippen molar-refractivity contribution in [3.05, 3.63) is 70.3 Å². The lowest BCUT2D eigenvalue weighted by atomic mass is 10.2. The molecule has 0 spiro atoms. The number of hydrogen-bond acceptors (Lipinski definition) is 5. The quantitative estimate of drug-likeness (QED) is 0.560. The minimum Gasteiger partial charge on any atom is -0.250 e. The van der Waals surface area contributed by atoms with E-state index in [-0.39, 0.29) is 17.9 Å². The first kappa shape index (κ1) is 14.2. The van der Waals surface area contributed by atoms with Crippen LogP contribution >= 0.6 is 0 Å². The first-order valence-electron chi connectivity index (χ1n) is 7.21. The lowest BCUT2D eigenvalue weighted by Crippen LogP contribution is -2.23. The van der Waals surface area contributed by atoms with E-state index in [2.05, 4.69) is 20.6 Å². The van der Waals surface area contributed by atoms with Gasteiger partial charge in [0.05, 0.1) is 0 Å². The van der Waals surface area contributed by atoms with Crippen LogP contribution in [-0.4, -0.2) is 34.4 Å². The number of aryl methyl sites for hydroxylation is 1. The van der Waals surface area contributed by atoms with Gasteiger partial charge in [-0.2, -0.15) is 4.68 Å². The molecule has 24 heavy (non-hydrogen) atoms. The Morgan fingerprint density at radius 3 is 2.92 bits per heavy atom. The Morgan fingerprint density at radius 2 is 2.08 bits per heavy atom. The number of fused-ring (bicyclic) bond motifs is 1. The van der Waals surface area contributed by atoms with Gasteiger partial charge in [0.25, 0.3) is 0 Å². The Bertz CT molecular complexity index is 1090. The highest BCUT2D eigenvalue weighted by atomic mass is 19.1. The van der Waals surface area contributed by atoms with E-state index in [4.69, 9.17) is 0 Å². The second-order valence-electron chi connectivity index (χ2n) is 5.33. The van der Waals surface area contributed by atoms with E-state index in [9.17, 15) is 9.18 Å². The molecule has 4 rings (SSSR count). The number of aromatic nitrogens is 7. The molecule has 0 fully saturated rings. The van der Waals surface area contributed by atoms with E-state index in [1.54, 1.807) is 36.5 Å². The molecular weight excluding hydrogens is 313 g/mol. The lowest BCUT2D eigenvalue weighted by Gasteiger charge is -2.06. The van der Waals surface area contributed by atoms with Crippen LogP contribution in [0.2, 0.25) is 0 Å². The summed E-state index contributed by atoms with van der Waals surface area (Å²) >= 11 is 0. The standard InChI is InChI=1S/C15H12FN7O/c1-10-5-6-11(16)12(8-10)23-14(17-19-20-23)9-22-15(24)21-7-3-2-4-13(21)18-22/h2-8H,9H2,1H3. The van der Waals surface area contributed by atoms with Crippen molar-refractivity contribution in [1.82, 2.24) is 34.4 Å². The summed E-state index contributed by atoms with van der Waals surface area (Å²) in [6, 6.07) is 9.91. The van der Waals surface area contributed by atoms with Crippen LogP contribution in [0.4, 0.5) is 4.39 Å². The molecule has 0 atom stereocenters. The van der Waals surface area contributed by atoms with Crippen LogP contribution in [0, 0.1) is 12.7 Å². The summed E-state index contributed by atoms with van der Waals surface area (Å²) in [6.07, 6.45) is 1.63. The fourth-order valence-electron chi connectivity index (χ4n) is 2.48. The van der Waals surface area contributed by atoms with Gasteiger partial charge in [0, 0.05) is 6.20 Å². The number of pyridine rings is 1. The number of tetrazole rings is 1. The molecule has 1 aromatic carbocycles. The zero-order valence-electron chi connectivity index (χ0n) is 12.7. The lowest BCUT2D eigenvalue weighted by molar-refractivity contribution is 0.583. The first-order chi connectivity index (χ1) is 11.6. The van der Waals surface area contributed by atoms with Crippen LogP contribution in [0.25, 0.3) is 11.3 Å². The molecule has 0 aliphatic heterocycles. The summed E-state index contributed by atoms with van der Waals surface area (Å²) in [7, 11) is 0. The Labute approximate surface area is 134 Å². The van der Waals surface area contributed by atoms with Crippen molar-refractivity contribution in [3.8, 4) is 5.69 Å². The van der Waals surface area contributed by atoms with Gasteiger partial charge in [0.15, 0.2) is 11.5 Å². The second-order valence-corrected chi connectivity index (χ2v) is 5.33. The molecule has 0 N–H and O–H groups in total. The molecule has 3 aromatic heterocycles. The fraction of sp³-hybridized carbons (Fsp3) is 0.133. The highest BCUT2D eigenvalue weighted by Crippen LogP contribution is 2.15. The largest absolute Gasteiger partial charge is 0.350 e. The average molecular weight is 325 g/mol. The monoisotopic (exact) mass is 325 g/mol. The van der Waals surface area contributed by atoms with Gasteiger partial charge in [-0.15, -0.1) is 10.2 Å². The SMILES string of the molecule is Cc1ccc(F)c(-n2nnnc2Cn2nc3ccccn3c2=O)c1. The van der Waals surface area contributed by atoms with E-state index >= 15 is 0 Å². The Hall–Kier alpha value is -3.36. The zero-order chi connectivity index (χ0) is 16.7. The summed E-state index contributed by atoms with van der Waals surface area (Å²) in [6.45, 7) is 1.88. The third-order valence-corrected chi connectivity index (χ3v) is 3.64. The van der Waals surface area contributed by atoms with Crippen molar-refractivity contribution >= 4 is 5.65 Å². The van der Waals surface area contributed by atoms with E-state index < -0.39 is 5.82 Å². The molecule has 0 radical (unpaired) electrons. The number of halogens is 1. The topological polar surface area (TPSA) is 82.9 Å². The van der Waals surface area contributed by atoms with Crippen LogP contribution in [0.15, 0.2) is 47.4 Å². The van der Waals surface area contributed by atoms with Crippen molar-refractivity contribution in [3.63, 3.8) is 0 Å². The molecule has 0 saturated carbocycles. The zero-order valence-corrected chi connectivity index (χ0v) is 12.7. The third kappa shape index (κ3) is 2.26. The minimum absolute atomic E-state index is 0.0287. The molecule has 0 amide bonds. The van der Waals surface area contributed by atoms with Crippen molar-refractivity contribution in [1.29, 1.82) is 0 Å². The molecule has 0 saturated heterocycles. The van der Waals surface area contributed by atoms with E-state index in [0.29, 0.717) is 11.5 Å². The maximum atomic E-state index is 14.1. The van der Waals surface area contributed by atoms with Crippen LogP contribution in [0.5, 0.6) is 0 Å². The number of hydrogen-bond donors (Lipinski definition) is 0. The molecule has 0 bridgehead atoms. The minimum atomic E-state index is -0.448. The number of benzene rings is 1. The van der Waals surface area contributed by atoms with Gasteiger partial charge >= 0.3 is 5.69 Å². The van der Waals surface area contributed by atoms with Crippen LogP contribution in [0.1, 0.15) is 11.4 Å². The van der Waals surface area contributed by atoms with E-state index in [1.807, 2.05) is 6.92 Å². The van der Waals surface area contributed by atoms with Gasteiger partial charge in [0.2, 0.25) is 0 Å². The van der Waals surface area contributed by atoms with Gasteiger partial charge < -0.3 is 0 Å². The third-order valence-electron chi connectivity index (χ3n) is 3.64. The van der Waals surface area contributed by atoms with E-state index in [1.165, 1.54) is 19.8 Å². The van der Waals surface area contributed by atoms with Gasteiger partial charge in [-0.25, -0.2) is 13.9 Å². The highest BCUT2D eigenvalue weighted by Gasteiger charge is 2.15. The summed E-state index contributed by atoms with van der Waals surface area (Å²) in [5.41, 5.74) is 1.30. The molecule has 8 nitrogen and oxygen atoms in total. The molecule has 0 unspecified atom stereocenters. The summed E-state index contributed by atoms with van der Waals surface area (Å²) < 4.78 is 18.0. The van der Waals surface area contributed by atoms with Gasteiger partial charge in [-0.1, -0.05) is 12.1 Å². The molecule has 9 heteroatoms. The predicted molar refractivity (Wildman–Crippen MR) is 82.4 cm³/mol. The normalized spacial score (nSPS) is 11.2. The number of nitrogens with zero attached hydrogens (tertiary/aromatic N) is 7. The second kappa shape index (κ2) is 5.37. The van der Waals surface area contributed by atoms with Crippen molar-refractivity contribution in [2.45, 2.75) is 13.5 Å². The average Bonchev–Trinajstić information content (AvgIpc) is 3.16. The maximum Gasteiger partial charge on any atom is 0.350 e. The van der Waals surface area contributed by atoms with Gasteiger partial charge in [0.1, 0.15) is 18.0 Å². The fourth-order valence-corrected chi connectivity index (χ4v) is 2.48.